The summed E-state index contributed by atoms with van der Waals surface area (Å²) in [5, 5.41) is 3.63. The summed E-state index contributed by atoms with van der Waals surface area (Å²) < 4.78 is 0. The van der Waals surface area contributed by atoms with Crippen LogP contribution in [0.4, 0.5) is 5.69 Å². The van der Waals surface area contributed by atoms with Gasteiger partial charge in [0.2, 0.25) is 5.91 Å². The van der Waals surface area contributed by atoms with Crippen LogP contribution in [-0.4, -0.2) is 5.91 Å². The number of carbonyl (C=O) groups excluding carboxylic acids is 1. The molecule has 0 fully saturated rings. The lowest BCUT2D eigenvalue weighted by atomic mass is 10.2. The van der Waals surface area contributed by atoms with E-state index in [2.05, 4.69) is 5.32 Å². The minimum Gasteiger partial charge on any atom is -0.325 e. The molecule has 90 valence electrons. The molecular formula is C14H10ClNOS. The molecule has 0 unspecified atom stereocenters. The van der Waals surface area contributed by atoms with E-state index in [0.29, 0.717) is 6.42 Å². The molecule has 1 aliphatic rings. The Bertz CT molecular complexity index is 627. The summed E-state index contributed by atoms with van der Waals surface area (Å²) in [6, 6.07) is 13.6. The van der Waals surface area contributed by atoms with Crippen molar-refractivity contribution < 1.29 is 4.79 Å². The van der Waals surface area contributed by atoms with Gasteiger partial charge in [0.15, 0.2) is 0 Å². The second kappa shape index (κ2) is 4.67. The first-order chi connectivity index (χ1) is 8.74. The summed E-state index contributed by atoms with van der Waals surface area (Å²) in [5.41, 5.74) is 1.98. The number of carbonyl (C=O) groups is 1. The molecule has 2 aromatic rings. The number of rotatable bonds is 2. The zero-order valence-electron chi connectivity index (χ0n) is 9.44. The maximum absolute atomic E-state index is 11.4. The zero-order chi connectivity index (χ0) is 12.5. The molecule has 0 aromatic heterocycles. The molecule has 2 nitrogen and oxygen atoms in total. The van der Waals surface area contributed by atoms with Crippen LogP contribution in [0.25, 0.3) is 0 Å². The van der Waals surface area contributed by atoms with Crippen molar-refractivity contribution >= 4 is 35.0 Å². The third-order valence-electron chi connectivity index (χ3n) is 2.78. The lowest BCUT2D eigenvalue weighted by molar-refractivity contribution is -0.115. The van der Waals surface area contributed by atoms with Crippen molar-refractivity contribution in [2.45, 2.75) is 16.2 Å². The Morgan fingerprint density at radius 2 is 1.83 bits per heavy atom. The monoisotopic (exact) mass is 275 g/mol. The van der Waals surface area contributed by atoms with Crippen LogP contribution in [0.5, 0.6) is 0 Å². The molecule has 0 bridgehead atoms. The summed E-state index contributed by atoms with van der Waals surface area (Å²) in [6.07, 6.45) is 0.465. The molecule has 1 N–H and O–H groups in total. The SMILES string of the molecule is O=C1Cc2cccc(Sc3ccccc3Cl)c2N1. The maximum Gasteiger partial charge on any atom is 0.228 e. The number of hydrogen-bond donors (Lipinski definition) is 1. The highest BCUT2D eigenvalue weighted by molar-refractivity contribution is 7.99. The molecule has 1 heterocycles. The standard InChI is InChI=1S/C14H10ClNOS/c15-10-5-1-2-6-11(10)18-12-7-3-4-9-8-13(17)16-14(9)12/h1-7H,8H2,(H,16,17). The quantitative estimate of drug-likeness (QED) is 0.898. The highest BCUT2D eigenvalue weighted by Gasteiger charge is 2.20. The Kier molecular flexibility index (Phi) is 3.02. The average molecular weight is 276 g/mol. The number of anilines is 1. The fourth-order valence-electron chi connectivity index (χ4n) is 1.95. The van der Waals surface area contributed by atoms with E-state index in [4.69, 9.17) is 11.6 Å². The van der Waals surface area contributed by atoms with Gasteiger partial charge in [0.05, 0.1) is 17.1 Å². The van der Waals surface area contributed by atoms with Gasteiger partial charge in [-0.25, -0.2) is 0 Å². The van der Waals surface area contributed by atoms with Crippen LogP contribution >= 0.6 is 23.4 Å². The molecule has 1 amide bonds. The Morgan fingerprint density at radius 1 is 1.06 bits per heavy atom. The molecule has 2 aromatic carbocycles. The Hall–Kier alpha value is -1.45. The van der Waals surface area contributed by atoms with E-state index in [9.17, 15) is 4.79 Å². The normalized spacial score (nSPS) is 13.3. The highest BCUT2D eigenvalue weighted by Crippen LogP contribution is 2.40. The van der Waals surface area contributed by atoms with Crippen LogP contribution < -0.4 is 5.32 Å². The molecule has 0 aliphatic carbocycles. The van der Waals surface area contributed by atoms with Crippen LogP contribution in [0, 0.1) is 0 Å². The van der Waals surface area contributed by atoms with Crippen molar-refractivity contribution in [2.75, 3.05) is 5.32 Å². The van der Waals surface area contributed by atoms with E-state index in [1.807, 2.05) is 42.5 Å². The summed E-state index contributed by atoms with van der Waals surface area (Å²) in [7, 11) is 0. The first-order valence-electron chi connectivity index (χ1n) is 5.58. The van der Waals surface area contributed by atoms with Crippen LogP contribution in [0.3, 0.4) is 0 Å². The van der Waals surface area contributed by atoms with E-state index >= 15 is 0 Å². The lowest BCUT2D eigenvalue weighted by Gasteiger charge is -2.08. The lowest BCUT2D eigenvalue weighted by Crippen LogP contribution is -2.04. The largest absolute Gasteiger partial charge is 0.325 e. The van der Waals surface area contributed by atoms with Gasteiger partial charge >= 0.3 is 0 Å². The predicted molar refractivity (Wildman–Crippen MR) is 74.4 cm³/mol. The second-order valence-electron chi connectivity index (χ2n) is 4.05. The van der Waals surface area contributed by atoms with Gasteiger partial charge in [-0.15, -0.1) is 0 Å². The fourth-order valence-corrected chi connectivity index (χ4v) is 3.18. The molecule has 18 heavy (non-hydrogen) atoms. The number of benzene rings is 2. The molecule has 0 atom stereocenters. The first-order valence-corrected chi connectivity index (χ1v) is 6.77. The van der Waals surface area contributed by atoms with E-state index < -0.39 is 0 Å². The summed E-state index contributed by atoms with van der Waals surface area (Å²) in [5.74, 6) is 0.0530. The minimum absolute atomic E-state index is 0.0530. The fraction of sp³-hybridized carbons (Fsp3) is 0.0714. The average Bonchev–Trinajstić information content (AvgIpc) is 2.73. The van der Waals surface area contributed by atoms with E-state index in [1.54, 1.807) is 11.8 Å². The smallest absolute Gasteiger partial charge is 0.228 e. The first kappa shape index (κ1) is 11.6. The van der Waals surface area contributed by atoms with Crippen molar-refractivity contribution in [3.05, 3.63) is 53.1 Å². The Labute approximate surface area is 114 Å². The van der Waals surface area contributed by atoms with E-state index in [1.165, 1.54) is 0 Å². The molecule has 0 saturated carbocycles. The zero-order valence-corrected chi connectivity index (χ0v) is 11.0. The number of halogens is 1. The van der Waals surface area contributed by atoms with Crippen molar-refractivity contribution in [3.8, 4) is 0 Å². The van der Waals surface area contributed by atoms with Gasteiger partial charge in [-0.2, -0.15) is 0 Å². The molecule has 0 saturated heterocycles. The summed E-state index contributed by atoms with van der Waals surface area (Å²) in [4.78, 5) is 13.5. The van der Waals surface area contributed by atoms with Crippen molar-refractivity contribution in [2.24, 2.45) is 0 Å². The van der Waals surface area contributed by atoms with Crippen LogP contribution in [0.1, 0.15) is 5.56 Å². The highest BCUT2D eigenvalue weighted by atomic mass is 35.5. The molecule has 0 radical (unpaired) electrons. The van der Waals surface area contributed by atoms with Crippen molar-refractivity contribution in [3.63, 3.8) is 0 Å². The van der Waals surface area contributed by atoms with Crippen molar-refractivity contribution in [1.29, 1.82) is 0 Å². The number of amides is 1. The maximum atomic E-state index is 11.4. The topological polar surface area (TPSA) is 29.1 Å². The van der Waals surface area contributed by atoms with E-state index in [-0.39, 0.29) is 5.91 Å². The molecule has 1 aliphatic heterocycles. The van der Waals surface area contributed by atoms with Gasteiger partial charge in [0.25, 0.3) is 0 Å². The van der Waals surface area contributed by atoms with Crippen LogP contribution in [0.15, 0.2) is 52.3 Å². The Morgan fingerprint density at radius 3 is 2.67 bits per heavy atom. The van der Waals surface area contributed by atoms with Gasteiger partial charge in [0, 0.05) is 9.79 Å². The number of para-hydroxylation sites is 1. The molecule has 4 heteroatoms. The second-order valence-corrected chi connectivity index (χ2v) is 5.54. The molecular weight excluding hydrogens is 266 g/mol. The van der Waals surface area contributed by atoms with Crippen molar-refractivity contribution in [1.82, 2.24) is 0 Å². The van der Waals surface area contributed by atoms with Gasteiger partial charge in [-0.3, -0.25) is 4.79 Å². The molecule has 3 rings (SSSR count). The van der Waals surface area contributed by atoms with Gasteiger partial charge in [0.1, 0.15) is 0 Å². The number of nitrogens with one attached hydrogen (secondary N) is 1. The van der Waals surface area contributed by atoms with Crippen LogP contribution in [-0.2, 0) is 11.2 Å². The van der Waals surface area contributed by atoms with Gasteiger partial charge in [-0.1, -0.05) is 47.6 Å². The molecule has 0 spiro atoms. The Balaban J connectivity index is 1.98. The minimum atomic E-state index is 0.0530. The predicted octanol–water partition coefficient (Wildman–Crippen LogP) is 3.99. The number of fused-ring (bicyclic) bond motifs is 1. The summed E-state index contributed by atoms with van der Waals surface area (Å²) in [6.45, 7) is 0. The van der Waals surface area contributed by atoms with E-state index in [0.717, 1.165) is 26.1 Å². The third kappa shape index (κ3) is 2.11. The summed E-state index contributed by atoms with van der Waals surface area (Å²) >= 11 is 7.72. The number of hydrogen-bond acceptors (Lipinski definition) is 2. The van der Waals surface area contributed by atoms with Crippen LogP contribution in [0.2, 0.25) is 5.02 Å². The van der Waals surface area contributed by atoms with Gasteiger partial charge < -0.3 is 5.32 Å². The van der Waals surface area contributed by atoms with Gasteiger partial charge in [-0.05, 0) is 23.8 Å². The third-order valence-corrected chi connectivity index (χ3v) is 4.36.